The molecule has 0 fully saturated rings. The topological polar surface area (TPSA) is 29.5 Å². The van der Waals surface area contributed by atoms with Gasteiger partial charge in [-0.3, -0.25) is 0 Å². The van der Waals surface area contributed by atoms with E-state index in [-0.39, 0.29) is 33.0 Å². The van der Waals surface area contributed by atoms with Gasteiger partial charge in [0.15, 0.2) is 0 Å². The molecule has 0 amide bonds. The van der Waals surface area contributed by atoms with Gasteiger partial charge >= 0.3 is 19.5 Å². The first kappa shape index (κ1) is 37.4. The van der Waals surface area contributed by atoms with E-state index in [9.17, 15) is 4.89 Å². The molecule has 1 unspecified atom stereocenters. The summed E-state index contributed by atoms with van der Waals surface area (Å²) < 4.78 is 5.64. The van der Waals surface area contributed by atoms with Crippen LogP contribution in [0.25, 0.3) is 0 Å². The smallest absolute Gasteiger partial charge is 2.00 e. The third kappa shape index (κ3) is 31.9. The summed E-state index contributed by atoms with van der Waals surface area (Å²) in [6.07, 6.45) is 26.6. The second-order valence-electron chi connectivity index (χ2n) is 8.50. The van der Waals surface area contributed by atoms with Crippen molar-refractivity contribution >= 4 is 42.4 Å². The van der Waals surface area contributed by atoms with Crippen molar-refractivity contribution in [3.63, 3.8) is 0 Å². The van der Waals surface area contributed by atoms with Crippen LogP contribution in [0.15, 0.2) is 0 Å². The van der Waals surface area contributed by atoms with Crippen molar-refractivity contribution in [1.29, 1.82) is 0 Å². The van der Waals surface area contributed by atoms with E-state index in [4.69, 9.17) is 16.3 Å². The predicted molar refractivity (Wildman–Crippen MR) is 146 cm³/mol. The van der Waals surface area contributed by atoms with Crippen LogP contribution >= 0.6 is 17.1 Å². The van der Waals surface area contributed by atoms with Gasteiger partial charge in [0, 0.05) is 5.75 Å². The van der Waals surface area contributed by atoms with Gasteiger partial charge in [0.05, 0.1) is 6.61 Å². The SMILES string of the molecule is CCCCCCCCCCCCOP(O)(=S)SCCCCCCCCCCCC.[S-2].[Zn+2]. The fourth-order valence-electron chi connectivity index (χ4n) is 3.58. The zero-order chi connectivity index (χ0) is 21.5. The maximum absolute atomic E-state index is 10.3. The molecule has 0 radical (unpaired) electrons. The number of rotatable bonds is 24. The van der Waals surface area contributed by atoms with Crippen LogP contribution in [0.3, 0.4) is 0 Å². The van der Waals surface area contributed by atoms with Gasteiger partial charge < -0.3 is 22.9 Å². The van der Waals surface area contributed by atoms with Crippen LogP contribution < -0.4 is 0 Å². The summed E-state index contributed by atoms with van der Waals surface area (Å²) in [5, 5.41) is 0. The predicted octanol–water partition coefficient (Wildman–Crippen LogP) is 9.79. The van der Waals surface area contributed by atoms with Gasteiger partial charge in [-0.1, -0.05) is 141 Å². The van der Waals surface area contributed by atoms with Crippen LogP contribution in [-0.4, -0.2) is 17.3 Å². The fourth-order valence-corrected chi connectivity index (χ4v) is 7.00. The van der Waals surface area contributed by atoms with Gasteiger partial charge in [0.2, 0.25) is 5.69 Å². The molecule has 7 heteroatoms. The summed E-state index contributed by atoms with van der Waals surface area (Å²) in [4.78, 5) is 10.3. The first-order valence-electron chi connectivity index (χ1n) is 12.7. The summed E-state index contributed by atoms with van der Waals surface area (Å²) in [7, 11) is 0. The molecular weight excluding hydrogens is 513 g/mol. The molecule has 0 rings (SSSR count). The Kier molecular flexibility index (Phi) is 36.1. The molecule has 0 aromatic heterocycles. The Bertz CT molecular complexity index is 347. The first-order chi connectivity index (χ1) is 14.1. The first-order valence-corrected chi connectivity index (χ1v) is 17.0. The maximum atomic E-state index is 10.3. The van der Waals surface area contributed by atoms with Crippen molar-refractivity contribution in [2.24, 2.45) is 0 Å². The standard InChI is InChI=1S/C24H51O2PS2.S.Zn/c1-3-5-7-9-11-13-15-17-19-21-23-26-27(25,28)29-24-22-20-18-16-14-12-10-8-6-4-2;;/h3-24H2,1-2H3,(H,25,28);;/q;-2;+2. The third-order valence-corrected chi connectivity index (χ3v) is 9.92. The molecular formula is C24H51O2PS3Zn. The van der Waals surface area contributed by atoms with E-state index in [0.717, 1.165) is 18.6 Å². The second kappa shape index (κ2) is 29.9. The van der Waals surface area contributed by atoms with Crippen molar-refractivity contribution < 1.29 is 28.9 Å². The molecule has 0 bridgehead atoms. The molecule has 0 aromatic carbocycles. The average Bonchev–Trinajstić information content (AvgIpc) is 2.70. The molecule has 0 saturated heterocycles. The summed E-state index contributed by atoms with van der Waals surface area (Å²) in [5.74, 6) is 0.947. The summed E-state index contributed by atoms with van der Waals surface area (Å²) in [5.41, 5.74) is -2.60. The third-order valence-electron chi connectivity index (χ3n) is 5.50. The molecule has 31 heavy (non-hydrogen) atoms. The van der Waals surface area contributed by atoms with E-state index < -0.39 is 5.69 Å². The van der Waals surface area contributed by atoms with Gasteiger partial charge in [0.25, 0.3) is 0 Å². The molecule has 1 N–H and O–H groups in total. The average molecular weight is 564 g/mol. The van der Waals surface area contributed by atoms with Crippen LogP contribution in [0.2, 0.25) is 0 Å². The Labute approximate surface area is 224 Å². The largest absolute Gasteiger partial charge is 2.00 e. The normalized spacial score (nSPS) is 12.7. The molecule has 0 spiro atoms. The zero-order valence-corrected chi connectivity index (χ0v) is 27.1. The van der Waals surface area contributed by atoms with Crippen LogP contribution in [-0.2, 0) is 49.3 Å². The van der Waals surface area contributed by atoms with Gasteiger partial charge in [-0.05, 0) is 24.6 Å². The monoisotopic (exact) mass is 562 g/mol. The maximum Gasteiger partial charge on any atom is 2.00 e. The number of hydrogen-bond acceptors (Lipinski definition) is 3. The van der Waals surface area contributed by atoms with E-state index in [1.54, 1.807) is 0 Å². The van der Waals surface area contributed by atoms with E-state index >= 15 is 0 Å². The summed E-state index contributed by atoms with van der Waals surface area (Å²) in [6, 6.07) is 0. The molecule has 0 heterocycles. The number of hydrogen-bond donors (Lipinski definition) is 1. The number of unbranched alkanes of at least 4 members (excludes halogenated alkanes) is 18. The van der Waals surface area contributed by atoms with Crippen LogP contribution in [0, 0.1) is 0 Å². The minimum Gasteiger partial charge on any atom is -2.00 e. The van der Waals surface area contributed by atoms with Crippen molar-refractivity contribution in [2.75, 3.05) is 12.4 Å². The molecule has 0 aromatic rings. The molecule has 184 valence electrons. The van der Waals surface area contributed by atoms with Crippen LogP contribution in [0.5, 0.6) is 0 Å². The van der Waals surface area contributed by atoms with E-state index in [2.05, 4.69) is 13.8 Å². The Morgan fingerprint density at radius 3 is 1.32 bits per heavy atom. The van der Waals surface area contributed by atoms with Crippen molar-refractivity contribution in [2.45, 2.75) is 142 Å². The van der Waals surface area contributed by atoms with Gasteiger partial charge in [-0.2, -0.15) is 0 Å². The Balaban J connectivity index is -0.00000392. The van der Waals surface area contributed by atoms with Gasteiger partial charge in [0.1, 0.15) is 0 Å². The van der Waals surface area contributed by atoms with Gasteiger partial charge in [-0.25, -0.2) is 0 Å². The Hall–Kier alpha value is 1.89. The minimum absolute atomic E-state index is 0. The molecule has 0 aliphatic heterocycles. The van der Waals surface area contributed by atoms with Crippen LogP contribution in [0.1, 0.15) is 142 Å². The summed E-state index contributed by atoms with van der Waals surface area (Å²) >= 11 is 6.79. The van der Waals surface area contributed by atoms with Crippen LogP contribution in [0.4, 0.5) is 0 Å². The Morgan fingerprint density at radius 2 is 0.935 bits per heavy atom. The second-order valence-corrected chi connectivity index (χ2v) is 14.8. The van der Waals surface area contributed by atoms with E-state index in [1.165, 1.54) is 127 Å². The zero-order valence-electron chi connectivity index (χ0n) is 20.8. The Morgan fingerprint density at radius 1 is 0.613 bits per heavy atom. The van der Waals surface area contributed by atoms with Gasteiger partial charge in [-0.15, -0.1) is 0 Å². The van der Waals surface area contributed by atoms with E-state index in [0.29, 0.717) is 6.61 Å². The summed E-state index contributed by atoms with van der Waals surface area (Å²) in [6.45, 7) is 5.17. The molecule has 0 saturated carbocycles. The minimum atomic E-state index is -2.60. The van der Waals surface area contributed by atoms with Crippen molar-refractivity contribution in [1.82, 2.24) is 0 Å². The molecule has 0 aliphatic carbocycles. The molecule has 2 nitrogen and oxygen atoms in total. The fraction of sp³-hybridized carbons (Fsp3) is 1.00. The van der Waals surface area contributed by atoms with Crippen molar-refractivity contribution in [3.8, 4) is 0 Å². The quantitative estimate of drug-likeness (QED) is 0.0718. The van der Waals surface area contributed by atoms with E-state index in [1.807, 2.05) is 0 Å². The molecule has 0 aliphatic rings. The van der Waals surface area contributed by atoms with Crippen molar-refractivity contribution in [3.05, 3.63) is 0 Å². The molecule has 1 atom stereocenters.